The van der Waals surface area contributed by atoms with E-state index in [0.717, 1.165) is 14.8 Å². The number of aromatic nitrogens is 2. The summed E-state index contributed by atoms with van der Waals surface area (Å²) in [6, 6.07) is 4.27. The van der Waals surface area contributed by atoms with Gasteiger partial charge in [0.1, 0.15) is 17.5 Å². The molecule has 0 saturated heterocycles. The van der Waals surface area contributed by atoms with Gasteiger partial charge in [-0.25, -0.2) is 14.4 Å². The van der Waals surface area contributed by atoms with E-state index in [1.54, 1.807) is 6.07 Å². The number of hydrogen-bond acceptors (Lipinski definition) is 3. The van der Waals surface area contributed by atoms with E-state index in [1.807, 2.05) is 6.92 Å². The van der Waals surface area contributed by atoms with Crippen LogP contribution < -0.4 is 5.73 Å². The molecule has 2 rings (SSSR count). The molecule has 2 aromatic rings. The van der Waals surface area contributed by atoms with Crippen LogP contribution in [0.3, 0.4) is 0 Å². The van der Waals surface area contributed by atoms with Crippen molar-refractivity contribution in [2.75, 3.05) is 5.73 Å². The second kappa shape index (κ2) is 5.36. The maximum absolute atomic E-state index is 12.9. The molecular weight excluding hydrogens is 368 g/mol. The zero-order valence-electron chi connectivity index (χ0n) is 9.54. The van der Waals surface area contributed by atoms with Crippen LogP contribution in [-0.2, 0) is 6.42 Å². The maximum atomic E-state index is 12.9. The molecule has 0 bridgehead atoms. The molecule has 0 amide bonds. The zero-order valence-corrected chi connectivity index (χ0v) is 12.5. The van der Waals surface area contributed by atoms with Crippen molar-refractivity contribution in [2.45, 2.75) is 13.3 Å². The van der Waals surface area contributed by atoms with Crippen molar-refractivity contribution in [3.63, 3.8) is 0 Å². The summed E-state index contributed by atoms with van der Waals surface area (Å²) in [6.45, 7) is 1.87. The van der Waals surface area contributed by atoms with Crippen molar-refractivity contribution >= 4 is 40.0 Å². The van der Waals surface area contributed by atoms with Crippen molar-refractivity contribution in [3.05, 3.63) is 49.7 Å². The minimum absolute atomic E-state index is 0.358. The molecule has 0 radical (unpaired) electrons. The first kappa shape index (κ1) is 13.5. The van der Waals surface area contributed by atoms with Gasteiger partial charge in [0.25, 0.3) is 0 Å². The number of nitrogens with two attached hydrogens (primary N) is 1. The van der Waals surface area contributed by atoms with E-state index in [-0.39, 0.29) is 5.82 Å². The quantitative estimate of drug-likeness (QED) is 0.817. The van der Waals surface area contributed by atoms with Crippen LogP contribution in [0.4, 0.5) is 10.2 Å². The highest BCUT2D eigenvalue weighted by Crippen LogP contribution is 2.21. The van der Waals surface area contributed by atoms with Crippen LogP contribution in [0.5, 0.6) is 0 Å². The molecule has 0 atom stereocenters. The molecular formula is C12H10ClFIN3. The molecule has 0 saturated carbocycles. The van der Waals surface area contributed by atoms with Gasteiger partial charge in [0.05, 0.1) is 9.26 Å². The summed E-state index contributed by atoms with van der Waals surface area (Å²) >= 11 is 8.06. The Labute approximate surface area is 123 Å². The zero-order chi connectivity index (χ0) is 13.3. The fourth-order valence-corrected chi connectivity index (χ4v) is 2.03. The molecule has 1 heterocycles. The van der Waals surface area contributed by atoms with Crippen molar-refractivity contribution in [1.29, 1.82) is 0 Å². The molecule has 0 unspecified atom stereocenters. The van der Waals surface area contributed by atoms with Gasteiger partial charge in [0.2, 0.25) is 0 Å². The van der Waals surface area contributed by atoms with Crippen LogP contribution in [0.1, 0.15) is 17.1 Å². The SMILES string of the molecule is Cc1nc(Cc2ccc(F)cc2Cl)nc(N)c1I. The summed E-state index contributed by atoms with van der Waals surface area (Å²) in [4.78, 5) is 8.54. The second-order valence-electron chi connectivity index (χ2n) is 3.84. The van der Waals surface area contributed by atoms with E-state index in [2.05, 4.69) is 32.6 Å². The number of aryl methyl sites for hydroxylation is 1. The lowest BCUT2D eigenvalue weighted by atomic mass is 10.1. The topological polar surface area (TPSA) is 51.8 Å². The fourth-order valence-electron chi connectivity index (χ4n) is 1.56. The Balaban J connectivity index is 2.34. The standard InChI is InChI=1S/C12H10ClFIN3/c1-6-11(15)12(16)18-10(17-6)4-7-2-3-8(14)5-9(7)13/h2-3,5H,4H2,1H3,(H2,16,17,18). The normalized spacial score (nSPS) is 10.7. The number of hydrogen-bond donors (Lipinski definition) is 1. The van der Waals surface area contributed by atoms with Gasteiger partial charge in [-0.2, -0.15) is 0 Å². The lowest BCUT2D eigenvalue weighted by molar-refractivity contribution is 0.627. The van der Waals surface area contributed by atoms with Crippen LogP contribution in [-0.4, -0.2) is 9.97 Å². The highest BCUT2D eigenvalue weighted by atomic mass is 127. The average Bonchev–Trinajstić information content (AvgIpc) is 2.29. The molecule has 18 heavy (non-hydrogen) atoms. The molecule has 2 N–H and O–H groups in total. The van der Waals surface area contributed by atoms with E-state index in [0.29, 0.717) is 23.1 Å². The Morgan fingerprint density at radius 1 is 1.39 bits per heavy atom. The number of nitrogens with zero attached hydrogens (tertiary/aromatic N) is 2. The van der Waals surface area contributed by atoms with Gasteiger partial charge in [-0.15, -0.1) is 0 Å². The number of nitrogen functional groups attached to an aromatic ring is 1. The maximum Gasteiger partial charge on any atom is 0.140 e. The highest BCUT2D eigenvalue weighted by Gasteiger charge is 2.09. The van der Waals surface area contributed by atoms with E-state index >= 15 is 0 Å². The van der Waals surface area contributed by atoms with Gasteiger partial charge < -0.3 is 5.73 Å². The predicted octanol–water partition coefficient (Wildman–Crippen LogP) is 3.36. The molecule has 1 aromatic carbocycles. The first-order valence-electron chi connectivity index (χ1n) is 5.20. The van der Waals surface area contributed by atoms with Crippen LogP contribution in [0.2, 0.25) is 5.02 Å². The number of benzene rings is 1. The lowest BCUT2D eigenvalue weighted by Gasteiger charge is -2.07. The first-order valence-corrected chi connectivity index (χ1v) is 6.65. The summed E-state index contributed by atoms with van der Waals surface area (Å²) in [5, 5.41) is 0.369. The summed E-state index contributed by atoms with van der Waals surface area (Å²) in [5.74, 6) is 0.679. The molecule has 0 aliphatic carbocycles. The lowest BCUT2D eigenvalue weighted by Crippen LogP contribution is -2.05. The Morgan fingerprint density at radius 2 is 2.11 bits per heavy atom. The first-order chi connectivity index (χ1) is 8.47. The van der Waals surface area contributed by atoms with Crippen LogP contribution >= 0.6 is 34.2 Å². The predicted molar refractivity (Wildman–Crippen MR) is 78.1 cm³/mol. The summed E-state index contributed by atoms with van der Waals surface area (Å²) in [5.41, 5.74) is 7.39. The van der Waals surface area contributed by atoms with Gasteiger partial charge in [-0.05, 0) is 47.2 Å². The summed E-state index contributed by atoms with van der Waals surface area (Å²) < 4.78 is 13.8. The molecule has 0 spiro atoms. The molecule has 1 aromatic heterocycles. The summed E-state index contributed by atoms with van der Waals surface area (Å²) in [7, 11) is 0. The van der Waals surface area contributed by atoms with E-state index in [1.165, 1.54) is 12.1 Å². The average molecular weight is 378 g/mol. The van der Waals surface area contributed by atoms with Gasteiger partial charge in [0.15, 0.2) is 0 Å². The number of anilines is 1. The third-order valence-corrected chi connectivity index (χ3v) is 4.14. The van der Waals surface area contributed by atoms with Gasteiger partial charge in [-0.1, -0.05) is 17.7 Å². The Kier molecular flexibility index (Phi) is 4.01. The Morgan fingerprint density at radius 3 is 2.72 bits per heavy atom. The molecule has 0 aliphatic heterocycles. The molecule has 6 heteroatoms. The van der Waals surface area contributed by atoms with E-state index in [9.17, 15) is 4.39 Å². The molecule has 0 aliphatic rings. The van der Waals surface area contributed by atoms with Crippen molar-refractivity contribution in [1.82, 2.24) is 9.97 Å². The van der Waals surface area contributed by atoms with Gasteiger partial charge >= 0.3 is 0 Å². The van der Waals surface area contributed by atoms with Crippen LogP contribution in [0, 0.1) is 16.3 Å². The van der Waals surface area contributed by atoms with Gasteiger partial charge in [0, 0.05) is 11.4 Å². The van der Waals surface area contributed by atoms with Crippen LogP contribution in [0.15, 0.2) is 18.2 Å². The third kappa shape index (κ3) is 2.89. The minimum atomic E-state index is -0.358. The fraction of sp³-hybridized carbons (Fsp3) is 0.167. The minimum Gasteiger partial charge on any atom is -0.383 e. The highest BCUT2D eigenvalue weighted by molar-refractivity contribution is 14.1. The molecule has 3 nitrogen and oxygen atoms in total. The summed E-state index contributed by atoms with van der Waals surface area (Å²) in [6.07, 6.45) is 0.432. The third-order valence-electron chi connectivity index (χ3n) is 2.45. The van der Waals surface area contributed by atoms with Crippen molar-refractivity contribution < 1.29 is 4.39 Å². The Hall–Kier alpha value is -0.950. The van der Waals surface area contributed by atoms with Crippen LogP contribution in [0.25, 0.3) is 0 Å². The number of halogens is 3. The molecule has 0 fully saturated rings. The number of rotatable bonds is 2. The largest absolute Gasteiger partial charge is 0.383 e. The molecule has 94 valence electrons. The smallest absolute Gasteiger partial charge is 0.140 e. The monoisotopic (exact) mass is 377 g/mol. The van der Waals surface area contributed by atoms with E-state index < -0.39 is 0 Å². The van der Waals surface area contributed by atoms with E-state index in [4.69, 9.17) is 17.3 Å². The van der Waals surface area contributed by atoms with Gasteiger partial charge in [-0.3, -0.25) is 0 Å². The van der Waals surface area contributed by atoms with Crippen molar-refractivity contribution in [3.8, 4) is 0 Å². The van der Waals surface area contributed by atoms with Crippen molar-refractivity contribution in [2.24, 2.45) is 0 Å². The second-order valence-corrected chi connectivity index (χ2v) is 5.32. The Bertz CT molecular complexity index is 581.